The summed E-state index contributed by atoms with van der Waals surface area (Å²) in [5, 5.41) is 1.60. The van der Waals surface area contributed by atoms with E-state index >= 15 is 0 Å². The molecule has 0 fully saturated rings. The lowest BCUT2D eigenvalue weighted by Crippen LogP contribution is -2.60. The Bertz CT molecular complexity index is 1600. The Morgan fingerprint density at radius 1 is 0.867 bits per heavy atom. The molecule has 14 heteroatoms. The quantitative estimate of drug-likeness (QED) is 0.107. The molecule has 0 radical (unpaired) electrons. The summed E-state index contributed by atoms with van der Waals surface area (Å²) >= 11 is 17.7. The summed E-state index contributed by atoms with van der Waals surface area (Å²) in [6.45, 7) is 8.65. The zero-order chi connectivity index (χ0) is 33.6. The van der Waals surface area contributed by atoms with Crippen molar-refractivity contribution in [2.75, 3.05) is 20.5 Å². The average molecular weight is 681 g/mol. The number of hydrazine groups is 1. The molecule has 3 rings (SSSR count). The van der Waals surface area contributed by atoms with Crippen molar-refractivity contribution in [3.8, 4) is 11.6 Å². The van der Waals surface area contributed by atoms with Crippen LogP contribution < -0.4 is 9.47 Å². The number of methoxy groups -OCH3 is 1. The molecular weight excluding hydrogens is 649 g/mol. The highest BCUT2D eigenvalue weighted by molar-refractivity contribution is 6.42. The lowest BCUT2D eigenvalue weighted by atomic mass is 10.0. The number of carbonyl (C=O) groups is 4. The summed E-state index contributed by atoms with van der Waals surface area (Å²) in [6.07, 6.45) is -1.28. The van der Waals surface area contributed by atoms with Gasteiger partial charge in [-0.1, -0.05) is 58.1 Å². The highest BCUT2D eigenvalue weighted by Crippen LogP contribution is 2.31. The Hall–Kier alpha value is -4.06. The second-order valence-corrected chi connectivity index (χ2v) is 12.0. The number of rotatable bonds is 8. The van der Waals surface area contributed by atoms with Crippen molar-refractivity contribution in [3.05, 3.63) is 85.5 Å². The molecule has 0 aliphatic heterocycles. The monoisotopic (exact) mass is 679 g/mol. The Kier molecular flexibility index (Phi) is 11.7. The summed E-state index contributed by atoms with van der Waals surface area (Å²) < 4.78 is 20.7. The zero-order valence-corrected chi connectivity index (χ0v) is 28.0. The van der Waals surface area contributed by atoms with Crippen LogP contribution in [0, 0.1) is 20.8 Å². The number of hydrogen-bond acceptors (Lipinski definition) is 9. The molecule has 0 aliphatic rings. The number of nitrogens with zero attached hydrogens (tertiary/aromatic N) is 3. The van der Waals surface area contributed by atoms with Crippen molar-refractivity contribution < 1.29 is 38.1 Å². The topological polar surface area (TPSA) is 125 Å². The lowest BCUT2D eigenvalue weighted by molar-refractivity contribution is -0.155. The molecule has 0 unspecified atom stereocenters. The minimum atomic E-state index is -1.28. The molecule has 1 aromatic heterocycles. The fourth-order valence-electron chi connectivity index (χ4n) is 4.26. The van der Waals surface area contributed by atoms with Crippen molar-refractivity contribution in [1.29, 1.82) is 0 Å². The van der Waals surface area contributed by atoms with E-state index in [2.05, 4.69) is 4.98 Å². The molecule has 0 atom stereocenters. The average Bonchev–Trinajstić information content (AvgIpc) is 2.95. The maximum absolute atomic E-state index is 14.1. The van der Waals surface area contributed by atoms with E-state index in [1.807, 2.05) is 19.9 Å². The molecule has 1 heterocycles. The number of pyridine rings is 1. The predicted octanol–water partition coefficient (Wildman–Crippen LogP) is 6.99. The molecule has 45 heavy (non-hydrogen) atoms. The van der Waals surface area contributed by atoms with Crippen LogP contribution in [-0.4, -0.2) is 64.9 Å². The van der Waals surface area contributed by atoms with Crippen molar-refractivity contribution in [2.45, 2.75) is 47.1 Å². The standard InChI is InChI=1S/C31H32Cl3N3O8/c1-17-11-18(2)13-20(12-17)28(39)37(31(4,5)6)36(29(40)21-9-8-10-24(42-7)19(21)3)30(41)45-16-44-25(38)15-43-27-23(33)14-22(32)26(34)35-27/h8-14H,15-16H2,1-7H3. The third-order valence-electron chi connectivity index (χ3n) is 6.18. The van der Waals surface area contributed by atoms with Gasteiger partial charge in [-0.25, -0.2) is 14.6 Å². The number of benzene rings is 2. The van der Waals surface area contributed by atoms with Crippen LogP contribution in [0.5, 0.6) is 11.6 Å². The maximum atomic E-state index is 14.1. The van der Waals surface area contributed by atoms with E-state index in [0.717, 1.165) is 16.1 Å². The molecule has 0 spiro atoms. The molecule has 0 saturated heterocycles. The van der Waals surface area contributed by atoms with Crippen LogP contribution in [0.15, 0.2) is 42.5 Å². The second-order valence-electron chi connectivity index (χ2n) is 10.8. The molecule has 0 aliphatic carbocycles. The molecular formula is C31H32Cl3N3O8. The first-order chi connectivity index (χ1) is 21.0. The smallest absolute Gasteiger partial charge is 0.439 e. The number of imide groups is 1. The van der Waals surface area contributed by atoms with Crippen LogP contribution >= 0.6 is 34.8 Å². The van der Waals surface area contributed by atoms with Crippen molar-refractivity contribution in [1.82, 2.24) is 15.0 Å². The van der Waals surface area contributed by atoms with Crippen LogP contribution in [0.3, 0.4) is 0 Å². The number of esters is 1. The number of ether oxygens (including phenoxy) is 4. The molecule has 3 amide bonds. The first kappa shape index (κ1) is 35.4. The van der Waals surface area contributed by atoms with Gasteiger partial charge in [-0.15, -0.1) is 5.01 Å². The van der Waals surface area contributed by atoms with Gasteiger partial charge in [-0.05, 0) is 71.9 Å². The van der Waals surface area contributed by atoms with Crippen LogP contribution in [0.2, 0.25) is 15.2 Å². The van der Waals surface area contributed by atoms with Crippen LogP contribution in [0.25, 0.3) is 0 Å². The fraction of sp³-hybridized carbons (Fsp3) is 0.323. The van der Waals surface area contributed by atoms with E-state index in [-0.39, 0.29) is 32.2 Å². The van der Waals surface area contributed by atoms with E-state index < -0.39 is 42.8 Å². The number of hydrogen-bond donors (Lipinski definition) is 0. The van der Waals surface area contributed by atoms with Gasteiger partial charge in [0.25, 0.3) is 11.8 Å². The zero-order valence-electron chi connectivity index (χ0n) is 25.7. The first-order valence-electron chi connectivity index (χ1n) is 13.4. The Labute approximate surface area is 275 Å². The van der Waals surface area contributed by atoms with Gasteiger partial charge in [0.2, 0.25) is 12.7 Å². The molecule has 0 saturated carbocycles. The number of aryl methyl sites for hydroxylation is 2. The summed E-state index contributed by atoms with van der Waals surface area (Å²) in [4.78, 5) is 57.9. The third kappa shape index (κ3) is 8.78. The van der Waals surface area contributed by atoms with E-state index in [9.17, 15) is 19.2 Å². The van der Waals surface area contributed by atoms with Gasteiger partial charge in [-0.3, -0.25) is 9.59 Å². The molecule has 2 aromatic carbocycles. The largest absolute Gasteiger partial charge is 0.496 e. The third-order valence-corrected chi connectivity index (χ3v) is 7.12. The minimum absolute atomic E-state index is 0.00126. The van der Waals surface area contributed by atoms with Gasteiger partial charge in [0.05, 0.1) is 17.7 Å². The minimum Gasteiger partial charge on any atom is -0.496 e. The normalized spacial score (nSPS) is 11.0. The van der Waals surface area contributed by atoms with Gasteiger partial charge in [0.15, 0.2) is 11.8 Å². The van der Waals surface area contributed by atoms with Crippen molar-refractivity contribution >= 4 is 58.7 Å². The van der Waals surface area contributed by atoms with Gasteiger partial charge >= 0.3 is 12.1 Å². The van der Waals surface area contributed by atoms with E-state index in [1.54, 1.807) is 52.0 Å². The van der Waals surface area contributed by atoms with Crippen LogP contribution in [-0.2, 0) is 14.3 Å². The number of halogens is 3. The summed E-state index contributed by atoms with van der Waals surface area (Å²) in [7, 11) is 1.44. The summed E-state index contributed by atoms with van der Waals surface area (Å²) in [5.74, 6) is -2.26. The summed E-state index contributed by atoms with van der Waals surface area (Å²) in [5.41, 5.74) is 1.24. The van der Waals surface area contributed by atoms with Crippen molar-refractivity contribution in [3.63, 3.8) is 0 Å². The second kappa shape index (κ2) is 14.8. The number of aromatic nitrogens is 1. The Balaban J connectivity index is 1.90. The van der Waals surface area contributed by atoms with Crippen LogP contribution in [0.4, 0.5) is 4.79 Å². The van der Waals surface area contributed by atoms with Gasteiger partial charge in [0.1, 0.15) is 10.8 Å². The lowest BCUT2D eigenvalue weighted by Gasteiger charge is -2.41. The molecule has 3 aromatic rings. The van der Waals surface area contributed by atoms with E-state index in [0.29, 0.717) is 16.3 Å². The van der Waals surface area contributed by atoms with E-state index in [4.69, 9.17) is 53.8 Å². The Morgan fingerprint density at radius 3 is 2.11 bits per heavy atom. The number of amides is 3. The van der Waals surface area contributed by atoms with Crippen LogP contribution in [0.1, 0.15) is 58.2 Å². The summed E-state index contributed by atoms with van der Waals surface area (Å²) in [6, 6.07) is 11.2. The first-order valence-corrected chi connectivity index (χ1v) is 14.6. The SMILES string of the molecule is COc1cccc(C(=O)N(C(=O)OCOC(=O)COc2nc(Cl)c(Cl)cc2Cl)N(C(=O)c2cc(C)cc(C)c2)C(C)(C)C)c1C. The Morgan fingerprint density at radius 2 is 1.51 bits per heavy atom. The molecule has 240 valence electrons. The highest BCUT2D eigenvalue weighted by atomic mass is 35.5. The van der Waals surface area contributed by atoms with E-state index in [1.165, 1.54) is 19.2 Å². The van der Waals surface area contributed by atoms with Gasteiger partial charge in [0, 0.05) is 16.7 Å². The van der Waals surface area contributed by atoms with Gasteiger partial charge in [-0.2, -0.15) is 4.98 Å². The predicted molar refractivity (Wildman–Crippen MR) is 168 cm³/mol. The van der Waals surface area contributed by atoms with Crippen molar-refractivity contribution in [2.24, 2.45) is 0 Å². The molecule has 0 N–H and O–H groups in total. The van der Waals surface area contributed by atoms with Gasteiger partial charge < -0.3 is 18.9 Å². The number of carbonyl (C=O) groups excluding carboxylic acids is 4. The maximum Gasteiger partial charge on any atom is 0.439 e. The molecule has 0 bridgehead atoms. The fourth-order valence-corrected chi connectivity index (χ4v) is 4.80. The molecule has 11 nitrogen and oxygen atoms in total. The highest BCUT2D eigenvalue weighted by Gasteiger charge is 2.41.